The van der Waals surface area contributed by atoms with Gasteiger partial charge in [-0.2, -0.15) is 0 Å². The third-order valence-corrected chi connectivity index (χ3v) is 6.10. The number of rotatable bonds is 1. The second-order valence-electron chi connectivity index (χ2n) is 6.97. The molecule has 1 nitrogen and oxygen atoms in total. The van der Waals surface area contributed by atoms with Crippen molar-refractivity contribution in [1.82, 2.24) is 0 Å². The predicted octanol–water partition coefficient (Wildman–Crippen LogP) is 2.85. The van der Waals surface area contributed by atoms with Crippen molar-refractivity contribution in [1.29, 1.82) is 0 Å². The Labute approximate surface area is 86.2 Å². The van der Waals surface area contributed by atoms with Gasteiger partial charge in [-0.3, -0.25) is 0 Å². The van der Waals surface area contributed by atoms with E-state index in [1.807, 2.05) is 7.11 Å². The molecule has 0 amide bonds. The first-order valence-corrected chi connectivity index (χ1v) is 6.11. The number of fused-ring (bicyclic) bond motifs is 1. The highest BCUT2D eigenvalue weighted by Gasteiger charge is 2.86. The molecule has 0 saturated heterocycles. The Morgan fingerprint density at radius 1 is 1.21 bits per heavy atom. The summed E-state index contributed by atoms with van der Waals surface area (Å²) in [6.07, 6.45) is 5.72. The summed E-state index contributed by atoms with van der Waals surface area (Å²) in [4.78, 5) is 0. The van der Waals surface area contributed by atoms with Crippen molar-refractivity contribution >= 4 is 0 Å². The first-order chi connectivity index (χ1) is 6.56. The third kappa shape index (κ3) is 0.576. The minimum atomic E-state index is 0.314. The van der Waals surface area contributed by atoms with Crippen molar-refractivity contribution < 1.29 is 4.74 Å². The van der Waals surface area contributed by atoms with Crippen LogP contribution in [0.4, 0.5) is 0 Å². The standard InChI is InChI=1S/C13H20O/c1-11(2)7-12(14-3)5-8-4-9(8)13(12)6-10(11)13/h8-10H,4-7H2,1-3H3/t8-,9-,10-,12+,13?/m0/s1. The lowest BCUT2D eigenvalue weighted by atomic mass is 9.80. The second kappa shape index (κ2) is 1.81. The van der Waals surface area contributed by atoms with Crippen LogP contribution >= 0.6 is 0 Å². The van der Waals surface area contributed by atoms with Crippen LogP contribution in [0.25, 0.3) is 0 Å². The maximum absolute atomic E-state index is 6.00. The van der Waals surface area contributed by atoms with Crippen LogP contribution in [0.2, 0.25) is 0 Å². The van der Waals surface area contributed by atoms with Crippen LogP contribution < -0.4 is 0 Å². The highest BCUT2D eigenvalue weighted by atomic mass is 16.5. The van der Waals surface area contributed by atoms with Crippen LogP contribution in [0.15, 0.2) is 0 Å². The van der Waals surface area contributed by atoms with Crippen LogP contribution in [-0.4, -0.2) is 12.7 Å². The molecule has 0 radical (unpaired) electrons. The fourth-order valence-corrected chi connectivity index (χ4v) is 5.66. The Morgan fingerprint density at radius 2 is 2.00 bits per heavy atom. The predicted molar refractivity (Wildman–Crippen MR) is 54.9 cm³/mol. The topological polar surface area (TPSA) is 9.23 Å². The molecule has 0 bridgehead atoms. The highest BCUT2D eigenvalue weighted by Crippen LogP contribution is 2.88. The summed E-state index contributed by atoms with van der Waals surface area (Å²) in [5.41, 5.74) is 1.54. The van der Waals surface area contributed by atoms with Gasteiger partial charge in [-0.1, -0.05) is 13.8 Å². The Morgan fingerprint density at radius 3 is 2.57 bits per heavy atom. The minimum absolute atomic E-state index is 0.314. The summed E-state index contributed by atoms with van der Waals surface area (Å²) in [5.74, 6) is 3.11. The lowest BCUT2D eigenvalue weighted by Crippen LogP contribution is -2.38. The first kappa shape index (κ1) is 8.15. The Hall–Kier alpha value is -0.0400. The molecule has 4 rings (SSSR count). The average Bonchev–Trinajstić information content (AvgIpc) is 2.91. The van der Waals surface area contributed by atoms with E-state index >= 15 is 0 Å². The van der Waals surface area contributed by atoms with E-state index in [1.165, 1.54) is 25.7 Å². The smallest absolute Gasteiger partial charge is 0.0748 e. The van der Waals surface area contributed by atoms with E-state index in [0.29, 0.717) is 16.4 Å². The second-order valence-corrected chi connectivity index (χ2v) is 6.97. The van der Waals surface area contributed by atoms with Crippen LogP contribution in [0.1, 0.15) is 39.5 Å². The monoisotopic (exact) mass is 192 g/mol. The van der Waals surface area contributed by atoms with Gasteiger partial charge in [-0.05, 0) is 48.9 Å². The zero-order valence-electron chi connectivity index (χ0n) is 9.47. The molecular formula is C13H20O. The van der Waals surface area contributed by atoms with E-state index in [0.717, 1.165) is 17.8 Å². The van der Waals surface area contributed by atoms with Gasteiger partial charge in [0, 0.05) is 12.5 Å². The molecule has 5 atom stereocenters. The molecule has 1 spiro atoms. The molecule has 4 fully saturated rings. The number of methoxy groups -OCH3 is 1. The zero-order valence-corrected chi connectivity index (χ0v) is 9.47. The summed E-state index contributed by atoms with van der Waals surface area (Å²) < 4.78 is 6.00. The van der Waals surface area contributed by atoms with Gasteiger partial charge in [-0.25, -0.2) is 0 Å². The highest BCUT2D eigenvalue weighted by molar-refractivity contribution is 5.35. The molecule has 4 aliphatic carbocycles. The molecule has 1 heteroatoms. The van der Waals surface area contributed by atoms with Gasteiger partial charge in [0.05, 0.1) is 5.60 Å². The third-order valence-electron chi connectivity index (χ3n) is 6.10. The molecule has 0 aromatic heterocycles. The Kier molecular flexibility index (Phi) is 1.06. The molecule has 0 aliphatic heterocycles. The summed E-state index contributed by atoms with van der Waals surface area (Å²) in [5, 5.41) is 0. The molecule has 0 N–H and O–H groups in total. The summed E-state index contributed by atoms with van der Waals surface area (Å²) in [6, 6.07) is 0. The lowest BCUT2D eigenvalue weighted by molar-refractivity contribution is -0.0639. The van der Waals surface area contributed by atoms with Crippen molar-refractivity contribution in [3.8, 4) is 0 Å². The van der Waals surface area contributed by atoms with E-state index < -0.39 is 0 Å². The average molecular weight is 192 g/mol. The van der Waals surface area contributed by atoms with Gasteiger partial charge >= 0.3 is 0 Å². The van der Waals surface area contributed by atoms with E-state index in [2.05, 4.69) is 13.8 Å². The van der Waals surface area contributed by atoms with Crippen LogP contribution in [0.5, 0.6) is 0 Å². The van der Waals surface area contributed by atoms with Crippen molar-refractivity contribution in [3.05, 3.63) is 0 Å². The quantitative estimate of drug-likeness (QED) is 0.620. The Balaban J connectivity index is 1.84. The van der Waals surface area contributed by atoms with Crippen molar-refractivity contribution in [3.63, 3.8) is 0 Å². The van der Waals surface area contributed by atoms with Gasteiger partial charge in [0.1, 0.15) is 0 Å². The molecule has 4 saturated carbocycles. The molecule has 1 unspecified atom stereocenters. The van der Waals surface area contributed by atoms with Crippen LogP contribution in [0.3, 0.4) is 0 Å². The van der Waals surface area contributed by atoms with E-state index in [9.17, 15) is 0 Å². The molecule has 0 aromatic carbocycles. The minimum Gasteiger partial charge on any atom is -0.378 e. The van der Waals surface area contributed by atoms with Crippen LogP contribution in [0, 0.1) is 28.6 Å². The number of hydrogen-bond donors (Lipinski definition) is 0. The molecule has 4 aliphatic rings. The van der Waals surface area contributed by atoms with Gasteiger partial charge < -0.3 is 4.74 Å². The normalized spacial score (nSPS) is 65.8. The molecule has 14 heavy (non-hydrogen) atoms. The van der Waals surface area contributed by atoms with Gasteiger partial charge in [0.2, 0.25) is 0 Å². The van der Waals surface area contributed by atoms with Gasteiger partial charge in [-0.15, -0.1) is 0 Å². The largest absolute Gasteiger partial charge is 0.378 e. The van der Waals surface area contributed by atoms with E-state index in [-0.39, 0.29) is 0 Å². The first-order valence-electron chi connectivity index (χ1n) is 6.11. The Bertz CT molecular complexity index is 321. The molecule has 0 heterocycles. The van der Waals surface area contributed by atoms with Crippen LogP contribution in [-0.2, 0) is 4.74 Å². The van der Waals surface area contributed by atoms with E-state index in [1.54, 1.807) is 0 Å². The summed E-state index contributed by atoms with van der Waals surface area (Å²) in [6.45, 7) is 4.92. The van der Waals surface area contributed by atoms with Gasteiger partial charge in [0.15, 0.2) is 0 Å². The zero-order chi connectivity index (χ0) is 9.77. The maximum atomic E-state index is 6.00. The molecule has 0 aromatic rings. The SMILES string of the molecule is CO[C@@]12C[C@@H]3C[C@@H]3C13C[C@H]3C(C)(C)C2. The summed E-state index contributed by atoms with van der Waals surface area (Å²) >= 11 is 0. The number of ether oxygens (including phenoxy) is 1. The lowest BCUT2D eigenvalue weighted by Gasteiger charge is -2.35. The number of hydrogen-bond acceptors (Lipinski definition) is 1. The van der Waals surface area contributed by atoms with Crippen molar-refractivity contribution in [2.75, 3.05) is 7.11 Å². The molecular weight excluding hydrogens is 172 g/mol. The van der Waals surface area contributed by atoms with Gasteiger partial charge in [0.25, 0.3) is 0 Å². The fourth-order valence-electron chi connectivity index (χ4n) is 5.66. The van der Waals surface area contributed by atoms with E-state index in [4.69, 9.17) is 4.74 Å². The molecule has 78 valence electrons. The van der Waals surface area contributed by atoms with Crippen molar-refractivity contribution in [2.24, 2.45) is 28.6 Å². The van der Waals surface area contributed by atoms with Crippen molar-refractivity contribution in [2.45, 2.75) is 45.1 Å². The maximum Gasteiger partial charge on any atom is 0.0748 e. The summed E-state index contributed by atoms with van der Waals surface area (Å²) in [7, 11) is 1.96. The fraction of sp³-hybridized carbons (Fsp3) is 1.00.